The first kappa shape index (κ1) is 21.8. The second-order valence-electron chi connectivity index (χ2n) is 6.32. The lowest BCUT2D eigenvalue weighted by Gasteiger charge is -2.08. The first-order valence-corrected chi connectivity index (χ1v) is 10.6. The molecule has 6 nitrogen and oxygen atoms in total. The summed E-state index contributed by atoms with van der Waals surface area (Å²) in [5.74, 6) is -0.426. The second kappa shape index (κ2) is 10.2. The quantitative estimate of drug-likeness (QED) is 0.315. The molecule has 30 heavy (non-hydrogen) atoms. The number of hydrogen-bond donors (Lipinski definition) is 1. The average Bonchev–Trinajstić information content (AvgIpc) is 2.73. The third-order valence-corrected chi connectivity index (χ3v) is 5.09. The maximum absolute atomic E-state index is 12.3. The number of benzene rings is 2. The summed E-state index contributed by atoms with van der Waals surface area (Å²) in [7, 11) is 0. The van der Waals surface area contributed by atoms with Gasteiger partial charge in [-0.15, -0.1) is 0 Å². The zero-order chi connectivity index (χ0) is 21.5. The molecule has 0 saturated heterocycles. The van der Waals surface area contributed by atoms with E-state index in [1.54, 1.807) is 31.2 Å². The number of rotatable bonds is 7. The fraction of sp³-hybridized carbons (Fsp3) is 0.182. The number of thioether (sulfide) groups is 1. The van der Waals surface area contributed by atoms with Crippen LogP contribution in [-0.4, -0.2) is 34.2 Å². The number of nitrogens with one attached hydrogen (secondary N) is 1. The number of aromatic nitrogens is 2. The van der Waals surface area contributed by atoms with Crippen molar-refractivity contribution in [3.05, 3.63) is 70.9 Å². The summed E-state index contributed by atoms with van der Waals surface area (Å²) in [6.07, 6.45) is 0. The molecule has 0 aliphatic rings. The number of carbonyl (C=O) groups is 2. The fourth-order valence-corrected chi connectivity index (χ4v) is 3.44. The Kier molecular flexibility index (Phi) is 7.43. The number of amides is 1. The monoisotopic (exact) mass is 441 g/mol. The van der Waals surface area contributed by atoms with Gasteiger partial charge in [0.15, 0.2) is 5.16 Å². The average molecular weight is 442 g/mol. The number of ether oxygens (including phenoxy) is 1. The Balaban J connectivity index is 1.60. The van der Waals surface area contributed by atoms with Gasteiger partial charge in [-0.05, 0) is 56.3 Å². The number of aryl methyl sites for hydroxylation is 1. The lowest BCUT2D eigenvalue weighted by atomic mass is 10.1. The molecule has 2 aromatic carbocycles. The van der Waals surface area contributed by atoms with Gasteiger partial charge < -0.3 is 10.1 Å². The summed E-state index contributed by atoms with van der Waals surface area (Å²) < 4.78 is 4.94. The van der Waals surface area contributed by atoms with Gasteiger partial charge in [0, 0.05) is 22.0 Å². The van der Waals surface area contributed by atoms with Gasteiger partial charge in [0.1, 0.15) is 0 Å². The van der Waals surface area contributed by atoms with Gasteiger partial charge in [-0.1, -0.05) is 35.5 Å². The molecule has 3 aromatic rings. The molecule has 1 amide bonds. The molecule has 0 aliphatic heterocycles. The van der Waals surface area contributed by atoms with Crippen LogP contribution in [0.15, 0.2) is 59.8 Å². The number of esters is 1. The Morgan fingerprint density at radius 3 is 2.43 bits per heavy atom. The molecule has 154 valence electrons. The molecule has 0 atom stereocenters. The van der Waals surface area contributed by atoms with Gasteiger partial charge in [0.2, 0.25) is 5.91 Å². The molecule has 1 heterocycles. The van der Waals surface area contributed by atoms with Crippen molar-refractivity contribution in [1.82, 2.24) is 9.97 Å². The van der Waals surface area contributed by atoms with Crippen LogP contribution in [0.2, 0.25) is 5.02 Å². The van der Waals surface area contributed by atoms with E-state index < -0.39 is 0 Å². The predicted octanol–water partition coefficient (Wildman–Crippen LogP) is 5.01. The molecule has 1 N–H and O–H groups in total. The summed E-state index contributed by atoms with van der Waals surface area (Å²) >= 11 is 7.20. The van der Waals surface area contributed by atoms with Gasteiger partial charge in [0.25, 0.3) is 0 Å². The van der Waals surface area contributed by atoms with Crippen molar-refractivity contribution in [3.8, 4) is 11.3 Å². The van der Waals surface area contributed by atoms with E-state index in [2.05, 4.69) is 15.3 Å². The molecular weight excluding hydrogens is 422 g/mol. The predicted molar refractivity (Wildman–Crippen MR) is 119 cm³/mol. The summed E-state index contributed by atoms with van der Waals surface area (Å²) in [6, 6.07) is 15.8. The minimum Gasteiger partial charge on any atom is -0.462 e. The Hall–Kier alpha value is -2.90. The number of anilines is 1. The summed E-state index contributed by atoms with van der Waals surface area (Å²) in [6.45, 7) is 3.95. The summed E-state index contributed by atoms with van der Waals surface area (Å²) in [4.78, 5) is 32.9. The summed E-state index contributed by atoms with van der Waals surface area (Å²) in [5.41, 5.74) is 3.55. The van der Waals surface area contributed by atoms with Gasteiger partial charge in [0.05, 0.1) is 23.6 Å². The normalized spacial score (nSPS) is 10.5. The molecule has 0 radical (unpaired) electrons. The first-order valence-electron chi connectivity index (χ1n) is 9.26. The highest BCUT2D eigenvalue weighted by atomic mass is 35.5. The van der Waals surface area contributed by atoms with Gasteiger partial charge in [-0.2, -0.15) is 0 Å². The van der Waals surface area contributed by atoms with Gasteiger partial charge in [-0.25, -0.2) is 14.8 Å². The van der Waals surface area contributed by atoms with Crippen LogP contribution in [0.3, 0.4) is 0 Å². The highest BCUT2D eigenvalue weighted by Crippen LogP contribution is 2.23. The Morgan fingerprint density at radius 1 is 1.07 bits per heavy atom. The molecule has 8 heteroatoms. The molecule has 0 spiro atoms. The standard InChI is InChI=1S/C22H20ClN3O3S/c1-3-29-21(28)16-6-10-18(11-7-16)25-20(27)13-30-22-24-14(2)12-19(26-22)15-4-8-17(23)9-5-15/h4-12H,3,13H2,1-2H3,(H,25,27). The molecule has 3 rings (SSSR count). The van der Waals surface area contributed by atoms with Crippen molar-refractivity contribution in [2.45, 2.75) is 19.0 Å². The third-order valence-electron chi connectivity index (χ3n) is 3.99. The van der Waals surface area contributed by atoms with Crippen LogP contribution < -0.4 is 5.32 Å². The highest BCUT2D eigenvalue weighted by Gasteiger charge is 2.10. The van der Waals surface area contributed by atoms with Crippen LogP contribution in [0, 0.1) is 6.92 Å². The first-order chi connectivity index (χ1) is 14.4. The van der Waals surface area contributed by atoms with E-state index in [1.165, 1.54) is 11.8 Å². The van der Waals surface area contributed by atoms with E-state index in [0.717, 1.165) is 17.0 Å². The lowest BCUT2D eigenvalue weighted by Crippen LogP contribution is -2.14. The molecule has 0 bridgehead atoms. The van der Waals surface area contributed by atoms with E-state index in [1.807, 2.05) is 37.3 Å². The number of carbonyl (C=O) groups excluding carboxylic acids is 2. The molecule has 0 unspecified atom stereocenters. The van der Waals surface area contributed by atoms with Crippen molar-refractivity contribution >= 4 is 40.9 Å². The SMILES string of the molecule is CCOC(=O)c1ccc(NC(=O)CSc2nc(C)cc(-c3ccc(Cl)cc3)n2)cc1. The Labute approximate surface area is 184 Å². The largest absolute Gasteiger partial charge is 0.462 e. The van der Waals surface area contributed by atoms with E-state index in [0.29, 0.717) is 28.0 Å². The minimum atomic E-state index is -0.390. The molecule has 0 saturated carbocycles. The Bertz CT molecular complexity index is 1040. The van der Waals surface area contributed by atoms with Crippen LogP contribution in [0.1, 0.15) is 23.0 Å². The second-order valence-corrected chi connectivity index (χ2v) is 7.70. The number of halogens is 1. The number of nitrogens with zero attached hydrogens (tertiary/aromatic N) is 2. The zero-order valence-corrected chi connectivity index (χ0v) is 18.1. The van der Waals surface area contributed by atoms with Crippen molar-refractivity contribution in [2.75, 3.05) is 17.7 Å². The zero-order valence-electron chi connectivity index (χ0n) is 16.5. The van der Waals surface area contributed by atoms with Crippen LogP contribution in [0.4, 0.5) is 5.69 Å². The lowest BCUT2D eigenvalue weighted by molar-refractivity contribution is -0.113. The van der Waals surface area contributed by atoms with Crippen molar-refractivity contribution in [1.29, 1.82) is 0 Å². The molecule has 1 aromatic heterocycles. The number of hydrogen-bond acceptors (Lipinski definition) is 6. The smallest absolute Gasteiger partial charge is 0.338 e. The fourth-order valence-electron chi connectivity index (χ4n) is 2.61. The Morgan fingerprint density at radius 2 is 1.77 bits per heavy atom. The van der Waals surface area contributed by atoms with Crippen molar-refractivity contribution in [2.24, 2.45) is 0 Å². The maximum atomic E-state index is 12.3. The topological polar surface area (TPSA) is 81.2 Å². The van der Waals surface area contributed by atoms with Crippen LogP contribution >= 0.6 is 23.4 Å². The van der Waals surface area contributed by atoms with Crippen LogP contribution in [-0.2, 0) is 9.53 Å². The van der Waals surface area contributed by atoms with E-state index in [9.17, 15) is 9.59 Å². The molecular formula is C22H20ClN3O3S. The van der Waals surface area contributed by atoms with E-state index in [-0.39, 0.29) is 17.6 Å². The van der Waals surface area contributed by atoms with Crippen LogP contribution in [0.25, 0.3) is 11.3 Å². The maximum Gasteiger partial charge on any atom is 0.338 e. The highest BCUT2D eigenvalue weighted by molar-refractivity contribution is 7.99. The summed E-state index contributed by atoms with van der Waals surface area (Å²) in [5, 5.41) is 3.97. The molecule has 0 fully saturated rings. The van der Waals surface area contributed by atoms with Crippen molar-refractivity contribution < 1.29 is 14.3 Å². The molecule has 0 aliphatic carbocycles. The van der Waals surface area contributed by atoms with E-state index >= 15 is 0 Å². The van der Waals surface area contributed by atoms with Crippen molar-refractivity contribution in [3.63, 3.8) is 0 Å². The minimum absolute atomic E-state index is 0.156. The van der Waals surface area contributed by atoms with Gasteiger partial charge in [-0.3, -0.25) is 4.79 Å². The van der Waals surface area contributed by atoms with Crippen LogP contribution in [0.5, 0.6) is 0 Å². The van der Waals surface area contributed by atoms with Gasteiger partial charge >= 0.3 is 5.97 Å². The third kappa shape index (κ3) is 6.05. The van der Waals surface area contributed by atoms with E-state index in [4.69, 9.17) is 16.3 Å².